The van der Waals surface area contributed by atoms with Crippen LogP contribution in [-0.4, -0.2) is 29.0 Å². The molecule has 1 aromatic carbocycles. The van der Waals surface area contributed by atoms with Crippen molar-refractivity contribution in [2.75, 3.05) is 7.05 Å². The van der Waals surface area contributed by atoms with E-state index in [1.807, 2.05) is 11.4 Å². The van der Waals surface area contributed by atoms with Crippen molar-refractivity contribution in [3.8, 4) is 5.75 Å². The minimum absolute atomic E-state index is 0.0902. The van der Waals surface area contributed by atoms with Gasteiger partial charge in [0.1, 0.15) is 5.75 Å². The van der Waals surface area contributed by atoms with Gasteiger partial charge in [-0.25, -0.2) is 0 Å². The minimum atomic E-state index is -0.581. The molecule has 0 spiro atoms. The van der Waals surface area contributed by atoms with Crippen LogP contribution in [0.5, 0.6) is 5.75 Å². The Labute approximate surface area is 136 Å². The second-order valence-corrected chi connectivity index (χ2v) is 6.81. The number of rotatable bonds is 5. The Hall–Kier alpha value is -1.37. The van der Waals surface area contributed by atoms with Gasteiger partial charge in [-0.15, -0.1) is 11.3 Å². The van der Waals surface area contributed by atoms with E-state index in [-0.39, 0.29) is 11.7 Å². The van der Waals surface area contributed by atoms with E-state index in [0.717, 1.165) is 14.9 Å². The molecule has 1 amide bonds. The van der Waals surface area contributed by atoms with Crippen LogP contribution < -0.4 is 5.73 Å². The summed E-state index contributed by atoms with van der Waals surface area (Å²) < 4.78 is 1.02. The second kappa shape index (κ2) is 7.06. The van der Waals surface area contributed by atoms with Crippen LogP contribution in [0.4, 0.5) is 0 Å². The summed E-state index contributed by atoms with van der Waals surface area (Å²) in [7, 11) is 1.76. The highest BCUT2D eigenvalue weighted by molar-refractivity contribution is 9.10. The molecule has 1 aromatic heterocycles. The summed E-state index contributed by atoms with van der Waals surface area (Å²) in [5.74, 6) is 0.117. The predicted octanol–water partition coefficient (Wildman–Crippen LogP) is 2.74. The minimum Gasteiger partial charge on any atom is -0.508 e. The van der Waals surface area contributed by atoms with Crippen LogP contribution in [0.3, 0.4) is 0 Å². The van der Waals surface area contributed by atoms with E-state index < -0.39 is 6.04 Å². The molecule has 3 N–H and O–H groups in total. The van der Waals surface area contributed by atoms with Crippen LogP contribution >= 0.6 is 27.3 Å². The number of carbonyl (C=O) groups excluding carboxylic acids is 1. The molecule has 0 saturated carbocycles. The van der Waals surface area contributed by atoms with Crippen molar-refractivity contribution in [1.29, 1.82) is 0 Å². The highest BCUT2D eigenvalue weighted by Gasteiger charge is 2.19. The summed E-state index contributed by atoms with van der Waals surface area (Å²) >= 11 is 5.00. The molecule has 2 aromatic rings. The van der Waals surface area contributed by atoms with E-state index in [9.17, 15) is 9.90 Å². The van der Waals surface area contributed by atoms with Gasteiger partial charge in [-0.3, -0.25) is 4.79 Å². The highest BCUT2D eigenvalue weighted by Crippen LogP contribution is 2.21. The van der Waals surface area contributed by atoms with Crippen LogP contribution in [0.15, 0.2) is 40.2 Å². The molecule has 0 radical (unpaired) electrons. The van der Waals surface area contributed by atoms with E-state index >= 15 is 0 Å². The smallest absolute Gasteiger partial charge is 0.239 e. The van der Waals surface area contributed by atoms with Gasteiger partial charge >= 0.3 is 0 Å². The lowest BCUT2D eigenvalue weighted by atomic mass is 10.1. The molecule has 4 nitrogen and oxygen atoms in total. The number of halogens is 1. The number of aromatic hydroxyl groups is 1. The lowest BCUT2D eigenvalue weighted by molar-refractivity contribution is -0.131. The standard InChI is InChI=1S/C15H17BrN2O2S/c1-18(8-13-7-11(16)9-21-13)15(20)14(17)6-10-2-4-12(19)5-3-10/h2-5,7,9,14,19H,6,8,17H2,1H3/t14-/m1/s1. The molecular weight excluding hydrogens is 352 g/mol. The lowest BCUT2D eigenvalue weighted by Gasteiger charge is -2.20. The Kier molecular flexibility index (Phi) is 5.39. The van der Waals surface area contributed by atoms with Crippen molar-refractivity contribution in [3.05, 3.63) is 50.6 Å². The van der Waals surface area contributed by atoms with Gasteiger partial charge in [0.05, 0.1) is 12.6 Å². The van der Waals surface area contributed by atoms with Gasteiger partial charge in [0.25, 0.3) is 0 Å². The van der Waals surface area contributed by atoms with Gasteiger partial charge < -0.3 is 15.7 Å². The fourth-order valence-corrected chi connectivity index (χ4v) is 3.51. The molecule has 21 heavy (non-hydrogen) atoms. The quantitative estimate of drug-likeness (QED) is 0.852. The van der Waals surface area contributed by atoms with Crippen LogP contribution in [0.1, 0.15) is 10.4 Å². The molecule has 0 aliphatic heterocycles. The average molecular weight is 369 g/mol. The maximum atomic E-state index is 12.3. The number of thiophene rings is 1. The first-order chi connectivity index (χ1) is 9.95. The fourth-order valence-electron chi connectivity index (χ4n) is 2.00. The number of benzene rings is 1. The molecule has 0 aliphatic carbocycles. The maximum absolute atomic E-state index is 12.3. The van der Waals surface area contributed by atoms with Crippen molar-refractivity contribution in [1.82, 2.24) is 4.90 Å². The van der Waals surface area contributed by atoms with E-state index in [1.54, 1.807) is 47.5 Å². The molecule has 0 unspecified atom stereocenters. The van der Waals surface area contributed by atoms with Gasteiger partial charge in [0, 0.05) is 21.8 Å². The molecule has 1 atom stereocenters. The molecule has 1 heterocycles. The first kappa shape index (κ1) is 16.0. The number of phenolic OH excluding ortho intramolecular Hbond substituents is 1. The van der Waals surface area contributed by atoms with E-state index in [1.165, 1.54) is 0 Å². The number of carbonyl (C=O) groups is 1. The maximum Gasteiger partial charge on any atom is 0.239 e. The normalized spacial score (nSPS) is 12.1. The average Bonchev–Trinajstić information content (AvgIpc) is 2.85. The molecule has 2 rings (SSSR count). The molecule has 0 saturated heterocycles. The third kappa shape index (κ3) is 4.56. The Bertz CT molecular complexity index is 612. The van der Waals surface area contributed by atoms with Crippen molar-refractivity contribution in [3.63, 3.8) is 0 Å². The summed E-state index contributed by atoms with van der Waals surface area (Å²) in [5.41, 5.74) is 6.92. The monoisotopic (exact) mass is 368 g/mol. The number of amides is 1. The largest absolute Gasteiger partial charge is 0.508 e. The highest BCUT2D eigenvalue weighted by atomic mass is 79.9. The molecule has 0 aliphatic rings. The molecule has 0 fully saturated rings. The predicted molar refractivity (Wildman–Crippen MR) is 88.3 cm³/mol. The first-order valence-corrected chi connectivity index (χ1v) is 8.14. The zero-order valence-electron chi connectivity index (χ0n) is 11.6. The summed E-state index contributed by atoms with van der Waals surface area (Å²) in [6.45, 7) is 0.554. The Morgan fingerprint density at radius 2 is 2.10 bits per heavy atom. The van der Waals surface area contributed by atoms with Crippen molar-refractivity contribution in [2.45, 2.75) is 19.0 Å². The Morgan fingerprint density at radius 3 is 2.67 bits per heavy atom. The van der Waals surface area contributed by atoms with Gasteiger partial charge in [-0.2, -0.15) is 0 Å². The fraction of sp³-hybridized carbons (Fsp3) is 0.267. The number of hydrogen-bond donors (Lipinski definition) is 2. The first-order valence-electron chi connectivity index (χ1n) is 6.47. The topological polar surface area (TPSA) is 66.6 Å². The third-order valence-corrected chi connectivity index (χ3v) is 4.78. The molecular formula is C15H17BrN2O2S. The number of likely N-dealkylation sites (N-methyl/N-ethyl adjacent to an activating group) is 1. The summed E-state index contributed by atoms with van der Waals surface area (Å²) in [6, 6.07) is 8.17. The van der Waals surface area contributed by atoms with Gasteiger partial charge in [-0.05, 0) is 46.1 Å². The van der Waals surface area contributed by atoms with Gasteiger partial charge in [-0.1, -0.05) is 12.1 Å². The SMILES string of the molecule is CN(Cc1cc(Br)cs1)C(=O)[C@H](N)Cc1ccc(O)cc1. The van der Waals surface area contributed by atoms with E-state index in [4.69, 9.17) is 5.73 Å². The van der Waals surface area contributed by atoms with Crippen LogP contribution in [0.25, 0.3) is 0 Å². The summed E-state index contributed by atoms with van der Waals surface area (Å²) in [5, 5.41) is 11.2. The molecule has 6 heteroatoms. The third-order valence-electron chi connectivity index (χ3n) is 3.10. The van der Waals surface area contributed by atoms with Crippen molar-refractivity contribution >= 4 is 33.2 Å². The van der Waals surface area contributed by atoms with Gasteiger partial charge in [0.15, 0.2) is 0 Å². The number of hydrogen-bond acceptors (Lipinski definition) is 4. The van der Waals surface area contributed by atoms with Gasteiger partial charge in [0.2, 0.25) is 5.91 Å². The van der Waals surface area contributed by atoms with E-state index in [0.29, 0.717) is 13.0 Å². The van der Waals surface area contributed by atoms with Crippen molar-refractivity contribution < 1.29 is 9.90 Å². The zero-order chi connectivity index (χ0) is 15.4. The summed E-state index contributed by atoms with van der Waals surface area (Å²) in [6.07, 6.45) is 0.456. The van der Waals surface area contributed by atoms with Crippen LogP contribution in [0.2, 0.25) is 0 Å². The summed E-state index contributed by atoms with van der Waals surface area (Å²) in [4.78, 5) is 15.0. The lowest BCUT2D eigenvalue weighted by Crippen LogP contribution is -2.42. The Morgan fingerprint density at radius 1 is 1.43 bits per heavy atom. The number of nitrogens with two attached hydrogens (primary N) is 1. The second-order valence-electron chi connectivity index (χ2n) is 4.90. The van der Waals surface area contributed by atoms with Crippen LogP contribution in [-0.2, 0) is 17.8 Å². The van der Waals surface area contributed by atoms with Crippen molar-refractivity contribution in [2.24, 2.45) is 5.73 Å². The number of phenols is 1. The zero-order valence-corrected chi connectivity index (χ0v) is 14.0. The van der Waals surface area contributed by atoms with E-state index in [2.05, 4.69) is 15.9 Å². The number of nitrogens with zero attached hydrogens (tertiary/aromatic N) is 1. The Balaban J connectivity index is 1.93. The van der Waals surface area contributed by atoms with Crippen LogP contribution in [0, 0.1) is 0 Å². The molecule has 112 valence electrons. The molecule has 0 bridgehead atoms.